The van der Waals surface area contributed by atoms with Crippen LogP contribution in [0.2, 0.25) is 0 Å². The van der Waals surface area contributed by atoms with E-state index in [0.717, 1.165) is 49.6 Å². The number of piperidine rings is 1. The number of aryl methyl sites for hydroxylation is 1. The summed E-state index contributed by atoms with van der Waals surface area (Å²) in [7, 11) is 1.68. The summed E-state index contributed by atoms with van der Waals surface area (Å²) in [5.74, 6) is 2.08. The Bertz CT molecular complexity index is 526. The Kier molecular flexibility index (Phi) is 7.38. The summed E-state index contributed by atoms with van der Waals surface area (Å²) in [6.07, 6.45) is 6.30. The standard InChI is InChI=1S/C19H28N2O2.ClH/c1-23-18-5-3-2-4-16(18)8-9-19(22)21-12-10-17(11-13-21)20-14-15-6-7-15;/h2-5,15,17,20H,6-14H2,1H3;1H. The van der Waals surface area contributed by atoms with Crippen molar-refractivity contribution in [2.45, 2.75) is 44.6 Å². The number of benzene rings is 1. The summed E-state index contributed by atoms with van der Waals surface area (Å²) in [6.45, 7) is 2.96. The first-order valence-corrected chi connectivity index (χ1v) is 8.89. The molecule has 1 aliphatic carbocycles. The second-order valence-corrected chi connectivity index (χ2v) is 6.82. The van der Waals surface area contributed by atoms with Crippen LogP contribution >= 0.6 is 12.4 Å². The molecule has 5 heteroatoms. The molecule has 2 fully saturated rings. The van der Waals surface area contributed by atoms with Crippen molar-refractivity contribution in [1.29, 1.82) is 0 Å². The molecule has 1 saturated heterocycles. The van der Waals surface area contributed by atoms with E-state index in [-0.39, 0.29) is 18.3 Å². The maximum absolute atomic E-state index is 12.4. The van der Waals surface area contributed by atoms with Gasteiger partial charge in [-0.25, -0.2) is 0 Å². The van der Waals surface area contributed by atoms with E-state index in [1.54, 1.807) is 7.11 Å². The first kappa shape index (κ1) is 19.1. The summed E-state index contributed by atoms with van der Waals surface area (Å²) >= 11 is 0. The van der Waals surface area contributed by atoms with Crippen molar-refractivity contribution < 1.29 is 9.53 Å². The van der Waals surface area contributed by atoms with E-state index in [1.165, 1.54) is 19.4 Å². The summed E-state index contributed by atoms with van der Waals surface area (Å²) < 4.78 is 5.36. The molecule has 0 spiro atoms. The first-order chi connectivity index (χ1) is 11.3. The van der Waals surface area contributed by atoms with Gasteiger partial charge in [-0.1, -0.05) is 18.2 Å². The number of carbonyl (C=O) groups excluding carboxylic acids is 1. The molecule has 1 heterocycles. The zero-order chi connectivity index (χ0) is 16.1. The molecule has 0 unspecified atom stereocenters. The van der Waals surface area contributed by atoms with Gasteiger partial charge >= 0.3 is 0 Å². The fourth-order valence-corrected chi connectivity index (χ4v) is 3.30. The van der Waals surface area contributed by atoms with Gasteiger partial charge in [0.2, 0.25) is 5.91 Å². The molecular formula is C19H29ClN2O2. The van der Waals surface area contributed by atoms with E-state index in [9.17, 15) is 4.79 Å². The lowest BCUT2D eigenvalue weighted by molar-refractivity contribution is -0.132. The minimum atomic E-state index is 0. The van der Waals surface area contributed by atoms with Crippen molar-refractivity contribution >= 4 is 18.3 Å². The fraction of sp³-hybridized carbons (Fsp3) is 0.632. The van der Waals surface area contributed by atoms with Gasteiger partial charge in [0, 0.05) is 25.6 Å². The number of hydrogen-bond acceptors (Lipinski definition) is 3. The SMILES string of the molecule is COc1ccccc1CCC(=O)N1CCC(NCC2CC2)CC1.Cl. The Hall–Kier alpha value is -1.26. The smallest absolute Gasteiger partial charge is 0.222 e. The number of methoxy groups -OCH3 is 1. The van der Waals surface area contributed by atoms with Crippen molar-refractivity contribution in [3.05, 3.63) is 29.8 Å². The van der Waals surface area contributed by atoms with E-state index in [1.807, 2.05) is 29.2 Å². The third-order valence-corrected chi connectivity index (χ3v) is 5.04. The Balaban J connectivity index is 0.00000208. The molecule has 24 heavy (non-hydrogen) atoms. The van der Waals surface area contributed by atoms with Crippen LogP contribution in [0.5, 0.6) is 5.75 Å². The minimum absolute atomic E-state index is 0. The lowest BCUT2D eigenvalue weighted by Crippen LogP contribution is -2.45. The van der Waals surface area contributed by atoms with Gasteiger partial charge in [-0.2, -0.15) is 0 Å². The largest absolute Gasteiger partial charge is 0.496 e. The Morgan fingerprint density at radius 3 is 2.58 bits per heavy atom. The molecule has 0 radical (unpaired) electrons. The number of nitrogens with zero attached hydrogens (tertiary/aromatic N) is 1. The number of ether oxygens (including phenoxy) is 1. The van der Waals surface area contributed by atoms with Crippen LogP contribution in [0.1, 0.15) is 37.7 Å². The summed E-state index contributed by atoms with van der Waals surface area (Å²) in [4.78, 5) is 14.5. The van der Waals surface area contributed by atoms with E-state index in [2.05, 4.69) is 5.32 Å². The fourth-order valence-electron chi connectivity index (χ4n) is 3.30. The van der Waals surface area contributed by atoms with E-state index < -0.39 is 0 Å². The highest BCUT2D eigenvalue weighted by atomic mass is 35.5. The minimum Gasteiger partial charge on any atom is -0.496 e. The van der Waals surface area contributed by atoms with Crippen molar-refractivity contribution in [2.24, 2.45) is 5.92 Å². The van der Waals surface area contributed by atoms with E-state index >= 15 is 0 Å². The van der Waals surface area contributed by atoms with Gasteiger partial charge in [-0.3, -0.25) is 4.79 Å². The van der Waals surface area contributed by atoms with Crippen LogP contribution in [0.3, 0.4) is 0 Å². The molecular weight excluding hydrogens is 324 g/mol. The number of para-hydroxylation sites is 1. The van der Waals surface area contributed by atoms with Crippen LogP contribution in [0.25, 0.3) is 0 Å². The second kappa shape index (κ2) is 9.28. The average molecular weight is 353 g/mol. The number of nitrogens with one attached hydrogen (secondary N) is 1. The number of likely N-dealkylation sites (tertiary alicyclic amines) is 1. The third kappa shape index (κ3) is 5.38. The molecule has 1 N–H and O–H groups in total. The number of amides is 1. The number of carbonyl (C=O) groups is 1. The van der Waals surface area contributed by atoms with Crippen LogP contribution in [0.15, 0.2) is 24.3 Å². The maximum atomic E-state index is 12.4. The summed E-state index contributed by atoms with van der Waals surface area (Å²) in [5.41, 5.74) is 1.12. The molecule has 3 rings (SSSR count). The quantitative estimate of drug-likeness (QED) is 0.820. The van der Waals surface area contributed by atoms with Crippen molar-refractivity contribution in [1.82, 2.24) is 10.2 Å². The van der Waals surface area contributed by atoms with Crippen LogP contribution in [-0.4, -0.2) is 43.6 Å². The Morgan fingerprint density at radius 2 is 1.92 bits per heavy atom. The molecule has 134 valence electrons. The molecule has 0 aromatic heterocycles. The van der Waals surface area contributed by atoms with Crippen LogP contribution in [-0.2, 0) is 11.2 Å². The number of hydrogen-bond donors (Lipinski definition) is 1. The first-order valence-electron chi connectivity index (χ1n) is 8.89. The summed E-state index contributed by atoms with van der Waals surface area (Å²) in [5, 5.41) is 3.66. The third-order valence-electron chi connectivity index (χ3n) is 5.04. The van der Waals surface area contributed by atoms with E-state index in [4.69, 9.17) is 4.74 Å². The molecule has 1 saturated carbocycles. The van der Waals surface area contributed by atoms with Gasteiger partial charge in [0.05, 0.1) is 7.11 Å². The Labute approximate surface area is 151 Å². The molecule has 1 aromatic rings. The van der Waals surface area contributed by atoms with Gasteiger partial charge in [-0.15, -0.1) is 12.4 Å². The van der Waals surface area contributed by atoms with Crippen molar-refractivity contribution in [3.8, 4) is 5.75 Å². The van der Waals surface area contributed by atoms with Gasteiger partial charge in [-0.05, 0) is 56.2 Å². The zero-order valence-electron chi connectivity index (χ0n) is 14.5. The molecule has 4 nitrogen and oxygen atoms in total. The maximum Gasteiger partial charge on any atom is 0.222 e. The van der Waals surface area contributed by atoms with Gasteiger partial charge in [0.15, 0.2) is 0 Å². The molecule has 1 aliphatic heterocycles. The monoisotopic (exact) mass is 352 g/mol. The highest BCUT2D eigenvalue weighted by Crippen LogP contribution is 2.28. The van der Waals surface area contributed by atoms with Crippen LogP contribution in [0.4, 0.5) is 0 Å². The van der Waals surface area contributed by atoms with Crippen molar-refractivity contribution in [2.75, 3.05) is 26.7 Å². The summed E-state index contributed by atoms with van der Waals surface area (Å²) in [6, 6.07) is 8.56. The lowest BCUT2D eigenvalue weighted by Gasteiger charge is -2.32. The molecule has 1 aromatic carbocycles. The lowest BCUT2D eigenvalue weighted by atomic mass is 10.0. The number of rotatable bonds is 7. The topological polar surface area (TPSA) is 41.6 Å². The second-order valence-electron chi connectivity index (χ2n) is 6.82. The van der Waals surface area contributed by atoms with Gasteiger partial charge < -0.3 is 15.0 Å². The van der Waals surface area contributed by atoms with E-state index in [0.29, 0.717) is 12.5 Å². The van der Waals surface area contributed by atoms with Crippen molar-refractivity contribution in [3.63, 3.8) is 0 Å². The normalized spacial score (nSPS) is 18.1. The van der Waals surface area contributed by atoms with Crippen LogP contribution < -0.4 is 10.1 Å². The number of halogens is 1. The zero-order valence-corrected chi connectivity index (χ0v) is 15.3. The highest BCUT2D eigenvalue weighted by Gasteiger charge is 2.25. The highest BCUT2D eigenvalue weighted by molar-refractivity contribution is 5.85. The molecule has 2 aliphatic rings. The predicted molar refractivity (Wildman–Crippen MR) is 98.9 cm³/mol. The molecule has 1 amide bonds. The molecule has 0 bridgehead atoms. The average Bonchev–Trinajstić information content (AvgIpc) is 3.43. The van der Waals surface area contributed by atoms with Gasteiger partial charge in [0.1, 0.15) is 5.75 Å². The molecule has 0 atom stereocenters. The van der Waals surface area contributed by atoms with Crippen LogP contribution in [0, 0.1) is 5.92 Å². The van der Waals surface area contributed by atoms with Gasteiger partial charge in [0.25, 0.3) is 0 Å². The predicted octanol–water partition coefficient (Wildman–Crippen LogP) is 3.04. The Morgan fingerprint density at radius 1 is 1.21 bits per heavy atom.